The van der Waals surface area contributed by atoms with Crippen LogP contribution in [-0.2, 0) is 4.79 Å². The number of anilines is 2. The van der Waals surface area contributed by atoms with Crippen molar-refractivity contribution >= 4 is 66.1 Å². The molecule has 0 aliphatic carbocycles. The Balaban J connectivity index is 2.17. The maximum Gasteiger partial charge on any atom is 0.219 e. The van der Waals surface area contributed by atoms with E-state index in [9.17, 15) is 4.79 Å². The van der Waals surface area contributed by atoms with E-state index >= 15 is 0 Å². The average Bonchev–Trinajstić information content (AvgIpc) is 2.78. The molecule has 0 saturated heterocycles. The van der Waals surface area contributed by atoms with E-state index in [2.05, 4.69) is 15.9 Å². The van der Waals surface area contributed by atoms with E-state index in [1.54, 1.807) is 4.90 Å². The van der Waals surface area contributed by atoms with Crippen LogP contribution in [0.25, 0.3) is 10.1 Å². The van der Waals surface area contributed by atoms with Gasteiger partial charge < -0.3 is 0 Å². The topological polar surface area (TPSA) is 20.3 Å². The lowest BCUT2D eigenvalue weighted by molar-refractivity contribution is -0.106. The van der Waals surface area contributed by atoms with Gasteiger partial charge in [0.1, 0.15) is 5.00 Å². The highest BCUT2D eigenvalue weighted by atomic mass is 79.9. The molecule has 3 aromatic rings. The van der Waals surface area contributed by atoms with Gasteiger partial charge in [-0.2, -0.15) is 0 Å². The van der Waals surface area contributed by atoms with Gasteiger partial charge >= 0.3 is 0 Å². The molecule has 3 rings (SSSR count). The molecule has 0 spiro atoms. The van der Waals surface area contributed by atoms with E-state index in [1.807, 2.05) is 48.5 Å². The highest BCUT2D eigenvalue weighted by molar-refractivity contribution is 9.10. The van der Waals surface area contributed by atoms with Crippen molar-refractivity contribution in [2.75, 3.05) is 4.90 Å². The number of hydrogen-bond acceptors (Lipinski definition) is 2. The minimum absolute atomic E-state index is 0.609. The third-order valence-corrected chi connectivity index (χ3v) is 5.09. The first kappa shape index (κ1) is 13.6. The van der Waals surface area contributed by atoms with Crippen LogP contribution in [0.4, 0.5) is 10.7 Å². The van der Waals surface area contributed by atoms with Crippen molar-refractivity contribution in [1.82, 2.24) is 0 Å². The Morgan fingerprint density at radius 3 is 2.65 bits per heavy atom. The van der Waals surface area contributed by atoms with Crippen LogP contribution in [0.3, 0.4) is 0 Å². The summed E-state index contributed by atoms with van der Waals surface area (Å²) >= 11 is 11.3. The summed E-state index contributed by atoms with van der Waals surface area (Å²) in [5.74, 6) is 0. The SMILES string of the molecule is O=CN(c1cccc(Br)c1)c1sc2ccccc2c1Cl. The van der Waals surface area contributed by atoms with Gasteiger partial charge in [0.25, 0.3) is 0 Å². The number of amides is 1. The second kappa shape index (κ2) is 5.56. The number of carbonyl (C=O) groups excluding carboxylic acids is 1. The molecule has 0 saturated carbocycles. The summed E-state index contributed by atoms with van der Waals surface area (Å²) in [6, 6.07) is 15.4. The van der Waals surface area contributed by atoms with Crippen LogP contribution >= 0.6 is 38.9 Å². The van der Waals surface area contributed by atoms with Gasteiger partial charge in [0.2, 0.25) is 6.41 Å². The molecule has 0 atom stereocenters. The standard InChI is InChI=1S/C15H9BrClNOS/c16-10-4-3-5-11(8-10)18(9-19)15-14(17)12-6-1-2-7-13(12)20-15/h1-9H. The Labute approximate surface area is 133 Å². The Morgan fingerprint density at radius 2 is 1.95 bits per heavy atom. The number of thiophene rings is 1. The van der Waals surface area contributed by atoms with Gasteiger partial charge in [-0.1, -0.05) is 51.8 Å². The van der Waals surface area contributed by atoms with Crippen molar-refractivity contribution in [3.05, 3.63) is 58.0 Å². The molecule has 100 valence electrons. The Morgan fingerprint density at radius 1 is 1.15 bits per heavy atom. The lowest BCUT2D eigenvalue weighted by atomic mass is 10.2. The van der Waals surface area contributed by atoms with Crippen molar-refractivity contribution in [1.29, 1.82) is 0 Å². The van der Waals surface area contributed by atoms with Gasteiger partial charge in [0.05, 0.1) is 10.7 Å². The molecule has 20 heavy (non-hydrogen) atoms. The van der Waals surface area contributed by atoms with Crippen molar-refractivity contribution in [2.45, 2.75) is 0 Å². The van der Waals surface area contributed by atoms with Gasteiger partial charge in [-0.15, -0.1) is 11.3 Å². The molecule has 0 fully saturated rings. The second-order valence-corrected chi connectivity index (χ2v) is 6.50. The summed E-state index contributed by atoms with van der Waals surface area (Å²) in [6.07, 6.45) is 0.790. The number of fused-ring (bicyclic) bond motifs is 1. The first-order valence-electron chi connectivity index (χ1n) is 5.88. The van der Waals surface area contributed by atoms with Gasteiger partial charge in [-0.3, -0.25) is 9.69 Å². The highest BCUT2D eigenvalue weighted by Gasteiger charge is 2.17. The van der Waals surface area contributed by atoms with E-state index in [-0.39, 0.29) is 0 Å². The summed E-state index contributed by atoms with van der Waals surface area (Å²) in [5.41, 5.74) is 0.780. The quantitative estimate of drug-likeness (QED) is 0.552. The fourth-order valence-corrected chi connectivity index (χ4v) is 3.90. The maximum atomic E-state index is 11.5. The van der Waals surface area contributed by atoms with E-state index in [4.69, 9.17) is 11.6 Å². The lowest BCUT2D eigenvalue weighted by Crippen LogP contribution is -2.12. The van der Waals surface area contributed by atoms with E-state index < -0.39 is 0 Å². The molecule has 5 heteroatoms. The van der Waals surface area contributed by atoms with E-state index in [0.29, 0.717) is 5.02 Å². The molecule has 0 radical (unpaired) electrons. The van der Waals surface area contributed by atoms with Crippen LogP contribution in [0.15, 0.2) is 53.0 Å². The number of hydrogen-bond donors (Lipinski definition) is 0. The molecule has 0 aliphatic rings. The fraction of sp³-hybridized carbons (Fsp3) is 0. The van der Waals surface area contributed by atoms with Crippen LogP contribution in [0.5, 0.6) is 0 Å². The Hall–Kier alpha value is -1.36. The zero-order chi connectivity index (χ0) is 14.1. The van der Waals surface area contributed by atoms with Gasteiger partial charge in [0, 0.05) is 14.6 Å². The van der Waals surface area contributed by atoms with Gasteiger partial charge in [-0.05, 0) is 24.3 Å². The monoisotopic (exact) mass is 365 g/mol. The van der Waals surface area contributed by atoms with Gasteiger partial charge in [0.15, 0.2) is 0 Å². The fourth-order valence-electron chi connectivity index (χ4n) is 2.01. The number of rotatable bonds is 3. The summed E-state index contributed by atoms with van der Waals surface area (Å²) in [4.78, 5) is 13.1. The lowest BCUT2D eigenvalue weighted by Gasteiger charge is -2.16. The predicted octanol–water partition coefficient (Wildman–Crippen LogP) is 5.61. The van der Waals surface area contributed by atoms with Crippen LogP contribution < -0.4 is 4.90 Å². The second-order valence-electron chi connectivity index (χ2n) is 4.17. The van der Waals surface area contributed by atoms with Crippen molar-refractivity contribution in [3.63, 3.8) is 0 Å². The normalized spacial score (nSPS) is 10.7. The Kier molecular flexibility index (Phi) is 3.78. The minimum atomic E-state index is 0.609. The molecule has 2 aromatic carbocycles. The van der Waals surface area contributed by atoms with Gasteiger partial charge in [-0.25, -0.2) is 0 Å². The summed E-state index contributed by atoms with van der Waals surface area (Å²) < 4.78 is 1.98. The number of carbonyl (C=O) groups is 1. The highest BCUT2D eigenvalue weighted by Crippen LogP contribution is 2.43. The Bertz CT molecular complexity index is 786. The molecule has 0 aliphatic heterocycles. The van der Waals surface area contributed by atoms with E-state index in [0.717, 1.165) is 31.7 Å². The minimum Gasteiger partial charge on any atom is -0.278 e. The first-order chi connectivity index (χ1) is 9.70. The molecule has 1 heterocycles. The third-order valence-electron chi connectivity index (χ3n) is 2.93. The average molecular weight is 367 g/mol. The molecule has 0 unspecified atom stereocenters. The largest absolute Gasteiger partial charge is 0.278 e. The van der Waals surface area contributed by atoms with Crippen LogP contribution in [0.1, 0.15) is 0 Å². The molecule has 1 aromatic heterocycles. The summed E-state index contributed by atoms with van der Waals surface area (Å²) in [6.45, 7) is 0. The maximum absolute atomic E-state index is 11.5. The number of benzene rings is 2. The third kappa shape index (κ3) is 2.35. The first-order valence-corrected chi connectivity index (χ1v) is 7.86. The number of halogens is 2. The van der Waals surface area contributed by atoms with Crippen LogP contribution in [-0.4, -0.2) is 6.41 Å². The van der Waals surface area contributed by atoms with Crippen LogP contribution in [0.2, 0.25) is 5.02 Å². The zero-order valence-corrected chi connectivity index (χ0v) is 13.4. The molecular weight excluding hydrogens is 358 g/mol. The smallest absolute Gasteiger partial charge is 0.219 e. The molecule has 2 nitrogen and oxygen atoms in total. The van der Waals surface area contributed by atoms with Crippen LogP contribution in [0, 0.1) is 0 Å². The molecule has 1 amide bonds. The van der Waals surface area contributed by atoms with Crippen molar-refractivity contribution in [2.24, 2.45) is 0 Å². The van der Waals surface area contributed by atoms with Crippen molar-refractivity contribution in [3.8, 4) is 0 Å². The summed E-state index contributed by atoms with van der Waals surface area (Å²) in [5, 5.41) is 2.31. The molecular formula is C15H9BrClNOS. The molecule has 0 bridgehead atoms. The predicted molar refractivity (Wildman–Crippen MR) is 89.2 cm³/mol. The number of nitrogens with zero attached hydrogens (tertiary/aromatic N) is 1. The molecule has 0 N–H and O–H groups in total. The summed E-state index contributed by atoms with van der Waals surface area (Å²) in [7, 11) is 0. The van der Waals surface area contributed by atoms with Crippen molar-refractivity contribution < 1.29 is 4.79 Å². The van der Waals surface area contributed by atoms with E-state index in [1.165, 1.54) is 11.3 Å². The zero-order valence-electron chi connectivity index (χ0n) is 10.2.